The summed E-state index contributed by atoms with van der Waals surface area (Å²) in [5.41, 5.74) is 0.403. The van der Waals surface area contributed by atoms with Gasteiger partial charge in [0, 0.05) is 18.3 Å². The number of carbonyl (C=O) groups is 2. The number of nitrogens with one attached hydrogen (secondary N) is 1. The molecule has 0 saturated heterocycles. The Bertz CT molecular complexity index is 1130. The first-order chi connectivity index (χ1) is 15.2. The van der Waals surface area contributed by atoms with Gasteiger partial charge in [0.05, 0.1) is 43.6 Å². The van der Waals surface area contributed by atoms with Crippen molar-refractivity contribution in [2.24, 2.45) is 0 Å². The Morgan fingerprint density at radius 1 is 1.06 bits per heavy atom. The Labute approximate surface area is 182 Å². The predicted octanol–water partition coefficient (Wildman–Crippen LogP) is 3.72. The second-order valence-corrected chi connectivity index (χ2v) is 7.35. The lowest BCUT2D eigenvalue weighted by Gasteiger charge is -2.31. The van der Waals surface area contributed by atoms with Crippen LogP contribution in [0.4, 0.5) is 23.7 Å². The van der Waals surface area contributed by atoms with Gasteiger partial charge in [0.2, 0.25) is 0 Å². The molecule has 0 saturated carbocycles. The van der Waals surface area contributed by atoms with Gasteiger partial charge >= 0.3 is 12.2 Å². The Kier molecular flexibility index (Phi) is 5.23. The normalized spacial score (nSPS) is 18.6. The van der Waals surface area contributed by atoms with Gasteiger partial charge in [-0.3, -0.25) is 9.69 Å². The minimum atomic E-state index is -4.55. The van der Waals surface area contributed by atoms with Gasteiger partial charge in [0.25, 0.3) is 5.91 Å². The maximum absolute atomic E-state index is 13.4. The first kappa shape index (κ1) is 21.5. The number of hydrogen-bond acceptors (Lipinski definition) is 4. The van der Waals surface area contributed by atoms with E-state index >= 15 is 0 Å². The zero-order valence-corrected chi connectivity index (χ0v) is 17.5. The number of ether oxygens (including phenoxy) is 2. The average Bonchev–Trinajstić information content (AvgIpc) is 3.13. The summed E-state index contributed by atoms with van der Waals surface area (Å²) < 4.78 is 50.3. The van der Waals surface area contributed by atoms with Gasteiger partial charge in [-0.1, -0.05) is 6.07 Å². The molecule has 3 amide bonds. The van der Waals surface area contributed by atoms with Crippen LogP contribution in [-0.4, -0.2) is 44.7 Å². The quantitative estimate of drug-likeness (QED) is 0.776. The molecule has 1 atom stereocenters. The van der Waals surface area contributed by atoms with Crippen molar-refractivity contribution in [1.29, 1.82) is 0 Å². The van der Waals surface area contributed by atoms with Crippen LogP contribution in [-0.2, 0) is 11.0 Å². The Morgan fingerprint density at radius 2 is 1.81 bits per heavy atom. The second-order valence-electron chi connectivity index (χ2n) is 7.35. The fraction of sp³-hybridized carbons (Fsp3) is 0.273. The number of amides is 3. The third-order valence-electron chi connectivity index (χ3n) is 5.59. The van der Waals surface area contributed by atoms with Crippen molar-refractivity contribution < 1.29 is 32.2 Å². The molecule has 1 unspecified atom stereocenters. The minimum absolute atomic E-state index is 0.0395. The summed E-state index contributed by atoms with van der Waals surface area (Å²) in [5.74, 6) is 0.426. The van der Waals surface area contributed by atoms with E-state index in [2.05, 4.69) is 5.32 Å². The zero-order valence-electron chi connectivity index (χ0n) is 17.5. The summed E-state index contributed by atoms with van der Waals surface area (Å²) in [6.07, 6.45) is -4.55. The van der Waals surface area contributed by atoms with E-state index in [1.165, 1.54) is 43.2 Å². The van der Waals surface area contributed by atoms with Gasteiger partial charge in [-0.15, -0.1) is 0 Å². The maximum atomic E-state index is 13.4. The molecule has 2 aromatic carbocycles. The van der Waals surface area contributed by atoms with E-state index in [0.29, 0.717) is 22.8 Å². The molecule has 0 aromatic heterocycles. The molecule has 10 heteroatoms. The highest BCUT2D eigenvalue weighted by Gasteiger charge is 2.44. The smallest absolute Gasteiger partial charge is 0.416 e. The highest BCUT2D eigenvalue weighted by molar-refractivity contribution is 6.11. The molecule has 2 aliphatic rings. The first-order valence-corrected chi connectivity index (χ1v) is 9.64. The van der Waals surface area contributed by atoms with Crippen molar-refractivity contribution in [2.45, 2.75) is 12.2 Å². The fourth-order valence-corrected chi connectivity index (χ4v) is 3.92. The van der Waals surface area contributed by atoms with E-state index in [0.717, 1.165) is 12.1 Å². The Morgan fingerprint density at radius 3 is 2.47 bits per heavy atom. The number of anilines is 1. The van der Waals surface area contributed by atoms with Crippen LogP contribution in [0.5, 0.6) is 11.5 Å². The van der Waals surface area contributed by atoms with Crippen molar-refractivity contribution in [3.63, 3.8) is 0 Å². The van der Waals surface area contributed by atoms with Crippen molar-refractivity contribution in [3.05, 3.63) is 64.9 Å². The zero-order chi connectivity index (χ0) is 23.2. The molecule has 0 spiro atoms. The lowest BCUT2D eigenvalue weighted by molar-refractivity contribution is -0.137. The Hall–Kier alpha value is -3.69. The lowest BCUT2D eigenvalue weighted by Crippen LogP contribution is -2.45. The van der Waals surface area contributed by atoms with Crippen molar-refractivity contribution >= 4 is 17.6 Å². The number of urea groups is 1. The average molecular weight is 447 g/mol. The number of likely N-dealkylation sites (N-methyl/N-ethyl adjacent to an activating group) is 1. The lowest BCUT2D eigenvalue weighted by atomic mass is 9.94. The Balaban J connectivity index is 1.79. The summed E-state index contributed by atoms with van der Waals surface area (Å²) in [6.45, 7) is -0.0395. The fourth-order valence-electron chi connectivity index (χ4n) is 3.92. The van der Waals surface area contributed by atoms with Gasteiger partial charge in [0.15, 0.2) is 0 Å². The highest BCUT2D eigenvalue weighted by Crippen LogP contribution is 2.42. The van der Waals surface area contributed by atoms with Gasteiger partial charge in [-0.25, -0.2) is 4.79 Å². The topological polar surface area (TPSA) is 71.1 Å². The number of nitrogens with zero attached hydrogens (tertiary/aromatic N) is 2. The van der Waals surface area contributed by atoms with Crippen molar-refractivity contribution in [1.82, 2.24) is 10.2 Å². The van der Waals surface area contributed by atoms with Crippen molar-refractivity contribution in [2.75, 3.05) is 32.7 Å². The molecule has 0 radical (unpaired) electrons. The monoisotopic (exact) mass is 447 g/mol. The molecule has 7 nitrogen and oxygen atoms in total. The van der Waals surface area contributed by atoms with E-state index in [4.69, 9.17) is 9.47 Å². The molecule has 2 heterocycles. The number of carbonyl (C=O) groups excluding carboxylic acids is 2. The summed E-state index contributed by atoms with van der Waals surface area (Å²) in [4.78, 5) is 28.6. The molecule has 0 fully saturated rings. The molecule has 0 bridgehead atoms. The summed E-state index contributed by atoms with van der Waals surface area (Å²) in [5, 5.41) is 2.78. The number of halogens is 3. The van der Waals surface area contributed by atoms with E-state index in [9.17, 15) is 22.8 Å². The number of hydrogen-bond donors (Lipinski definition) is 1. The number of benzene rings is 2. The van der Waals surface area contributed by atoms with Crippen LogP contribution in [0.3, 0.4) is 0 Å². The van der Waals surface area contributed by atoms with Gasteiger partial charge < -0.3 is 19.7 Å². The number of rotatable bonds is 4. The van der Waals surface area contributed by atoms with Crippen LogP contribution < -0.4 is 19.7 Å². The standard InChI is InChI=1S/C22H20F3N3O4/c1-27-16-11-28(13-6-4-5-12(9-13)22(23,24)25)20(29)18(16)19(26-21(27)30)15-10-14(31-2)7-8-17(15)32-3/h4-10,19H,11H2,1-3H3,(H,26,30). The molecule has 2 aliphatic heterocycles. The van der Waals surface area contributed by atoms with Crippen LogP contribution in [0, 0.1) is 0 Å². The SMILES string of the molecule is COc1ccc(OC)c(C2NC(=O)N(C)C3=C2C(=O)N(c2cccc(C(F)(F)F)c2)C3)c1. The molecule has 1 N–H and O–H groups in total. The van der Waals surface area contributed by atoms with E-state index < -0.39 is 29.7 Å². The molecule has 168 valence electrons. The van der Waals surface area contributed by atoms with Crippen LogP contribution >= 0.6 is 0 Å². The highest BCUT2D eigenvalue weighted by atomic mass is 19.4. The molecule has 0 aliphatic carbocycles. The third-order valence-corrected chi connectivity index (χ3v) is 5.59. The summed E-state index contributed by atoms with van der Waals surface area (Å²) in [7, 11) is 4.45. The van der Waals surface area contributed by atoms with E-state index in [-0.39, 0.29) is 17.8 Å². The van der Waals surface area contributed by atoms with Gasteiger partial charge in [-0.05, 0) is 36.4 Å². The van der Waals surface area contributed by atoms with E-state index in [1.807, 2.05) is 0 Å². The minimum Gasteiger partial charge on any atom is -0.497 e. The first-order valence-electron chi connectivity index (χ1n) is 9.64. The third kappa shape index (κ3) is 3.51. The van der Waals surface area contributed by atoms with Crippen LogP contribution in [0.2, 0.25) is 0 Å². The molecule has 32 heavy (non-hydrogen) atoms. The van der Waals surface area contributed by atoms with Crippen LogP contribution in [0.15, 0.2) is 53.7 Å². The summed E-state index contributed by atoms with van der Waals surface area (Å²) >= 11 is 0. The summed E-state index contributed by atoms with van der Waals surface area (Å²) in [6, 6.07) is 8.23. The largest absolute Gasteiger partial charge is 0.497 e. The van der Waals surface area contributed by atoms with Gasteiger partial charge in [0.1, 0.15) is 11.5 Å². The maximum Gasteiger partial charge on any atom is 0.416 e. The van der Waals surface area contributed by atoms with Crippen LogP contribution in [0.25, 0.3) is 0 Å². The number of alkyl halides is 3. The van der Waals surface area contributed by atoms with Gasteiger partial charge in [-0.2, -0.15) is 13.2 Å². The van der Waals surface area contributed by atoms with Crippen molar-refractivity contribution in [3.8, 4) is 11.5 Å². The number of methoxy groups -OCH3 is 2. The second kappa shape index (κ2) is 7.77. The van der Waals surface area contributed by atoms with E-state index in [1.54, 1.807) is 18.2 Å². The molecule has 2 aromatic rings. The molecule has 4 rings (SSSR count). The molecular weight excluding hydrogens is 427 g/mol. The van der Waals surface area contributed by atoms with Crippen LogP contribution in [0.1, 0.15) is 17.2 Å². The predicted molar refractivity (Wildman–Crippen MR) is 109 cm³/mol. The molecular formula is C22H20F3N3O4.